The van der Waals surface area contributed by atoms with E-state index in [1.165, 1.54) is 6.07 Å². The molecule has 0 radical (unpaired) electrons. The fourth-order valence-corrected chi connectivity index (χ4v) is 1.70. The maximum Gasteiger partial charge on any atom is 0.153 e. The Morgan fingerprint density at radius 2 is 2.05 bits per heavy atom. The molecule has 0 saturated heterocycles. The Morgan fingerprint density at radius 3 is 2.79 bits per heavy atom. The van der Waals surface area contributed by atoms with Crippen LogP contribution >= 0.6 is 0 Å². The van der Waals surface area contributed by atoms with Crippen molar-refractivity contribution >= 4 is 17.3 Å². The van der Waals surface area contributed by atoms with Gasteiger partial charge in [-0.15, -0.1) is 0 Å². The third kappa shape index (κ3) is 3.19. The maximum absolute atomic E-state index is 13.7. The molecule has 1 aromatic carbocycles. The molecule has 0 aliphatic rings. The van der Waals surface area contributed by atoms with Crippen molar-refractivity contribution < 1.29 is 4.39 Å². The number of benzene rings is 1. The molecule has 0 unspecified atom stereocenters. The first kappa shape index (κ1) is 13.3. The lowest BCUT2D eigenvalue weighted by molar-refractivity contribution is 0.627. The summed E-state index contributed by atoms with van der Waals surface area (Å²) in [6.45, 7) is 2.91. The smallest absolute Gasteiger partial charge is 0.153 e. The van der Waals surface area contributed by atoms with Gasteiger partial charge < -0.3 is 10.2 Å². The van der Waals surface area contributed by atoms with Gasteiger partial charge in [-0.1, -0.05) is 19.1 Å². The number of para-hydroxylation sites is 1. The van der Waals surface area contributed by atoms with E-state index in [1.54, 1.807) is 42.5 Å². The highest BCUT2D eigenvalue weighted by atomic mass is 19.1. The molecular formula is C14H17FN4. The van der Waals surface area contributed by atoms with Crippen molar-refractivity contribution in [1.29, 1.82) is 0 Å². The lowest BCUT2D eigenvalue weighted by Crippen LogP contribution is -2.14. The molecule has 0 bridgehead atoms. The number of rotatable bonds is 5. The molecule has 2 rings (SSSR count). The first-order chi connectivity index (χ1) is 9.22. The summed E-state index contributed by atoms with van der Waals surface area (Å²) in [7, 11) is 1.77. The third-order valence-corrected chi connectivity index (χ3v) is 2.74. The summed E-state index contributed by atoms with van der Waals surface area (Å²) in [6, 6.07) is 6.60. The minimum absolute atomic E-state index is 0.279. The van der Waals surface area contributed by atoms with Gasteiger partial charge in [0.1, 0.15) is 11.6 Å². The van der Waals surface area contributed by atoms with E-state index >= 15 is 0 Å². The summed E-state index contributed by atoms with van der Waals surface area (Å²) in [5.41, 5.74) is 0.476. The molecule has 0 aliphatic carbocycles. The number of nitrogens with zero attached hydrogens (tertiary/aromatic N) is 3. The summed E-state index contributed by atoms with van der Waals surface area (Å²) in [5.74, 6) is 1.02. The zero-order chi connectivity index (χ0) is 13.7. The maximum atomic E-state index is 13.7. The Balaban J connectivity index is 2.24. The van der Waals surface area contributed by atoms with Crippen LogP contribution in [0.15, 0.2) is 36.7 Å². The minimum Gasteiger partial charge on any atom is -0.369 e. The summed E-state index contributed by atoms with van der Waals surface area (Å²) in [5, 5.41) is 3.16. The van der Waals surface area contributed by atoms with Crippen molar-refractivity contribution in [3.63, 3.8) is 0 Å². The van der Waals surface area contributed by atoms with Crippen molar-refractivity contribution in [2.75, 3.05) is 23.8 Å². The van der Waals surface area contributed by atoms with Crippen LogP contribution in [0.5, 0.6) is 0 Å². The highest BCUT2D eigenvalue weighted by Gasteiger charge is 2.10. The van der Waals surface area contributed by atoms with Gasteiger partial charge in [0, 0.05) is 13.6 Å². The quantitative estimate of drug-likeness (QED) is 0.896. The van der Waals surface area contributed by atoms with Crippen LogP contribution in [0.4, 0.5) is 21.7 Å². The normalized spacial score (nSPS) is 10.3. The van der Waals surface area contributed by atoms with Crippen LogP contribution in [-0.2, 0) is 0 Å². The van der Waals surface area contributed by atoms with Crippen molar-refractivity contribution in [3.05, 3.63) is 42.5 Å². The molecule has 0 amide bonds. The van der Waals surface area contributed by atoms with Crippen LogP contribution < -0.4 is 10.2 Å². The van der Waals surface area contributed by atoms with Crippen LogP contribution in [0, 0.1) is 5.82 Å². The molecular weight excluding hydrogens is 243 g/mol. The second-order valence-corrected chi connectivity index (χ2v) is 4.20. The SMILES string of the molecule is CCCNc1cncc(N(C)c2ccccc2F)n1. The van der Waals surface area contributed by atoms with Gasteiger partial charge in [0.15, 0.2) is 5.82 Å². The van der Waals surface area contributed by atoms with Crippen LogP contribution in [0.3, 0.4) is 0 Å². The van der Waals surface area contributed by atoms with Crippen molar-refractivity contribution in [1.82, 2.24) is 9.97 Å². The lowest BCUT2D eigenvalue weighted by atomic mass is 10.3. The van der Waals surface area contributed by atoms with E-state index in [2.05, 4.69) is 22.2 Å². The summed E-state index contributed by atoms with van der Waals surface area (Å²) < 4.78 is 13.7. The zero-order valence-corrected chi connectivity index (χ0v) is 11.1. The van der Waals surface area contributed by atoms with Gasteiger partial charge in [0.25, 0.3) is 0 Å². The van der Waals surface area contributed by atoms with Gasteiger partial charge in [0.05, 0.1) is 18.1 Å². The van der Waals surface area contributed by atoms with E-state index < -0.39 is 0 Å². The monoisotopic (exact) mass is 260 g/mol. The Bertz CT molecular complexity index is 544. The van der Waals surface area contributed by atoms with E-state index in [0.29, 0.717) is 17.3 Å². The van der Waals surface area contributed by atoms with Crippen molar-refractivity contribution in [3.8, 4) is 0 Å². The standard InChI is InChI=1S/C14H17FN4/c1-3-8-17-13-9-16-10-14(18-13)19(2)12-7-5-4-6-11(12)15/h4-7,9-10H,3,8H2,1-2H3,(H,17,18). The minimum atomic E-state index is -0.279. The molecule has 2 aromatic rings. The van der Waals surface area contributed by atoms with E-state index in [-0.39, 0.29) is 5.82 Å². The van der Waals surface area contributed by atoms with Gasteiger partial charge in [-0.3, -0.25) is 4.98 Å². The fraction of sp³-hybridized carbons (Fsp3) is 0.286. The second kappa shape index (κ2) is 6.13. The molecule has 100 valence electrons. The number of halogens is 1. The van der Waals surface area contributed by atoms with Crippen LogP contribution in [-0.4, -0.2) is 23.6 Å². The second-order valence-electron chi connectivity index (χ2n) is 4.20. The predicted molar refractivity (Wildman–Crippen MR) is 75.3 cm³/mol. The van der Waals surface area contributed by atoms with Gasteiger partial charge in [-0.25, -0.2) is 9.37 Å². The van der Waals surface area contributed by atoms with Gasteiger partial charge >= 0.3 is 0 Å². The van der Waals surface area contributed by atoms with Crippen LogP contribution in [0.25, 0.3) is 0 Å². The number of aromatic nitrogens is 2. The lowest BCUT2D eigenvalue weighted by Gasteiger charge is -2.19. The van der Waals surface area contributed by atoms with Crippen molar-refractivity contribution in [2.24, 2.45) is 0 Å². The molecule has 4 nitrogen and oxygen atoms in total. The molecule has 0 saturated carbocycles. The molecule has 1 aromatic heterocycles. The molecule has 19 heavy (non-hydrogen) atoms. The molecule has 1 heterocycles. The highest BCUT2D eigenvalue weighted by molar-refractivity contribution is 5.60. The Labute approximate surface area is 112 Å². The molecule has 0 atom stereocenters. The summed E-state index contributed by atoms with van der Waals surface area (Å²) in [6.07, 6.45) is 4.28. The molecule has 5 heteroatoms. The third-order valence-electron chi connectivity index (χ3n) is 2.74. The van der Waals surface area contributed by atoms with Crippen LogP contribution in [0.2, 0.25) is 0 Å². The fourth-order valence-electron chi connectivity index (χ4n) is 1.70. The molecule has 1 N–H and O–H groups in total. The van der Waals surface area contributed by atoms with Gasteiger partial charge in [0.2, 0.25) is 0 Å². The average Bonchev–Trinajstić information content (AvgIpc) is 2.45. The van der Waals surface area contributed by atoms with E-state index in [0.717, 1.165) is 13.0 Å². The summed E-state index contributed by atoms with van der Waals surface area (Å²) in [4.78, 5) is 10.2. The highest BCUT2D eigenvalue weighted by Crippen LogP contribution is 2.24. The Kier molecular flexibility index (Phi) is 4.28. The van der Waals surface area contributed by atoms with Gasteiger partial charge in [-0.05, 0) is 18.6 Å². The zero-order valence-electron chi connectivity index (χ0n) is 11.1. The number of hydrogen-bond donors (Lipinski definition) is 1. The number of nitrogens with one attached hydrogen (secondary N) is 1. The molecule has 0 spiro atoms. The largest absolute Gasteiger partial charge is 0.369 e. The number of anilines is 3. The Morgan fingerprint density at radius 1 is 1.26 bits per heavy atom. The van der Waals surface area contributed by atoms with Crippen LogP contribution in [0.1, 0.15) is 13.3 Å². The van der Waals surface area contributed by atoms with E-state index in [9.17, 15) is 4.39 Å². The Hall–Kier alpha value is -2.17. The first-order valence-corrected chi connectivity index (χ1v) is 6.26. The first-order valence-electron chi connectivity index (χ1n) is 6.26. The van der Waals surface area contributed by atoms with Crippen molar-refractivity contribution in [2.45, 2.75) is 13.3 Å². The molecule has 0 fully saturated rings. The predicted octanol–water partition coefficient (Wildman–Crippen LogP) is 3.21. The van der Waals surface area contributed by atoms with E-state index in [4.69, 9.17) is 0 Å². The van der Waals surface area contributed by atoms with E-state index in [1.807, 2.05) is 0 Å². The topological polar surface area (TPSA) is 41.1 Å². The number of hydrogen-bond acceptors (Lipinski definition) is 4. The van der Waals surface area contributed by atoms with Gasteiger partial charge in [-0.2, -0.15) is 0 Å². The molecule has 0 aliphatic heterocycles. The summed E-state index contributed by atoms with van der Waals surface area (Å²) >= 11 is 0. The average molecular weight is 260 g/mol.